The van der Waals surface area contributed by atoms with Gasteiger partial charge < -0.3 is 0 Å². The Balaban J connectivity index is 2.07. The topological polar surface area (TPSA) is 3.24 Å². The van der Waals surface area contributed by atoms with Gasteiger partial charge in [0.1, 0.15) is 0 Å². The van der Waals surface area contributed by atoms with Gasteiger partial charge in [-0.15, -0.1) is 0 Å². The Kier molecular flexibility index (Phi) is 5.20. The number of thioether (sulfide) groups is 1. The lowest BCUT2D eigenvalue weighted by Crippen LogP contribution is -2.27. The minimum atomic E-state index is 0.959. The number of halogens is 1. The monoisotopic (exact) mass is 285 g/mol. The van der Waals surface area contributed by atoms with Gasteiger partial charge in [0.2, 0.25) is 0 Å². The SMILES string of the molecule is CCCSC1CCN(I)CC1. The van der Waals surface area contributed by atoms with E-state index in [9.17, 15) is 0 Å². The molecule has 0 aromatic carbocycles. The molecule has 0 bridgehead atoms. The van der Waals surface area contributed by atoms with Crippen molar-refractivity contribution in [1.29, 1.82) is 0 Å². The third-order valence-corrected chi connectivity index (χ3v) is 4.50. The number of rotatable bonds is 3. The normalized spacial score (nSPS) is 22.4. The first-order valence-electron chi connectivity index (χ1n) is 4.35. The van der Waals surface area contributed by atoms with Crippen LogP contribution in [-0.2, 0) is 0 Å². The van der Waals surface area contributed by atoms with E-state index in [1.165, 1.54) is 38.1 Å². The molecule has 0 aromatic rings. The number of nitrogens with zero attached hydrogens (tertiary/aromatic N) is 1. The van der Waals surface area contributed by atoms with E-state index < -0.39 is 0 Å². The van der Waals surface area contributed by atoms with E-state index in [0.29, 0.717) is 0 Å². The van der Waals surface area contributed by atoms with Crippen LogP contribution in [0.25, 0.3) is 0 Å². The van der Waals surface area contributed by atoms with Gasteiger partial charge in [-0.25, -0.2) is 3.11 Å². The van der Waals surface area contributed by atoms with Gasteiger partial charge in [0.25, 0.3) is 0 Å². The second kappa shape index (κ2) is 5.65. The van der Waals surface area contributed by atoms with Crippen LogP contribution in [0.2, 0.25) is 0 Å². The summed E-state index contributed by atoms with van der Waals surface area (Å²) in [6.07, 6.45) is 4.12. The van der Waals surface area contributed by atoms with E-state index in [4.69, 9.17) is 0 Å². The average molecular weight is 285 g/mol. The van der Waals surface area contributed by atoms with Crippen molar-refractivity contribution in [2.24, 2.45) is 0 Å². The summed E-state index contributed by atoms with van der Waals surface area (Å²) >= 11 is 4.60. The highest BCUT2D eigenvalue weighted by atomic mass is 127. The van der Waals surface area contributed by atoms with Gasteiger partial charge in [-0.2, -0.15) is 11.8 Å². The molecule has 1 saturated heterocycles. The maximum absolute atomic E-state index is 2.43. The molecular formula is C8H16INS. The fraction of sp³-hybridized carbons (Fsp3) is 1.00. The molecule has 1 heterocycles. The van der Waals surface area contributed by atoms with Gasteiger partial charge in [0, 0.05) is 41.2 Å². The standard InChI is InChI=1S/C8H16INS/c1-2-7-11-8-3-5-10(9)6-4-8/h8H,2-7H2,1H3. The van der Waals surface area contributed by atoms with Crippen LogP contribution in [0.15, 0.2) is 0 Å². The van der Waals surface area contributed by atoms with Crippen LogP contribution < -0.4 is 0 Å². The summed E-state index contributed by atoms with van der Waals surface area (Å²) in [7, 11) is 0. The molecule has 0 unspecified atom stereocenters. The van der Waals surface area contributed by atoms with Crippen LogP contribution in [0.4, 0.5) is 0 Å². The third kappa shape index (κ3) is 3.99. The van der Waals surface area contributed by atoms with E-state index in [1.807, 2.05) is 0 Å². The van der Waals surface area contributed by atoms with Crippen molar-refractivity contribution in [2.75, 3.05) is 18.8 Å². The van der Waals surface area contributed by atoms with Crippen LogP contribution in [0, 0.1) is 0 Å². The molecular weight excluding hydrogens is 269 g/mol. The summed E-state index contributed by atoms with van der Waals surface area (Å²) in [5.41, 5.74) is 0. The molecule has 11 heavy (non-hydrogen) atoms. The van der Waals surface area contributed by atoms with E-state index in [-0.39, 0.29) is 0 Å². The largest absolute Gasteiger partial charge is 0.247 e. The lowest BCUT2D eigenvalue weighted by Gasteiger charge is -2.26. The Bertz CT molecular complexity index is 99.5. The molecule has 1 aliphatic rings. The minimum absolute atomic E-state index is 0.959. The smallest absolute Gasteiger partial charge is 0.0201 e. The third-order valence-electron chi connectivity index (χ3n) is 1.95. The molecule has 1 fully saturated rings. The van der Waals surface area contributed by atoms with Crippen molar-refractivity contribution in [1.82, 2.24) is 3.11 Å². The predicted molar refractivity (Wildman–Crippen MR) is 61.4 cm³/mol. The highest BCUT2D eigenvalue weighted by Gasteiger charge is 2.16. The molecule has 0 amide bonds. The predicted octanol–water partition coefficient (Wildman–Crippen LogP) is 2.94. The highest BCUT2D eigenvalue weighted by molar-refractivity contribution is 14.1. The lowest BCUT2D eigenvalue weighted by molar-refractivity contribution is 0.415. The van der Waals surface area contributed by atoms with Crippen molar-refractivity contribution < 1.29 is 0 Å². The second-order valence-electron chi connectivity index (χ2n) is 2.98. The van der Waals surface area contributed by atoms with Crippen molar-refractivity contribution in [3.05, 3.63) is 0 Å². The molecule has 3 heteroatoms. The van der Waals surface area contributed by atoms with Crippen LogP contribution >= 0.6 is 34.6 Å². The van der Waals surface area contributed by atoms with Gasteiger partial charge in [-0.3, -0.25) is 0 Å². The van der Waals surface area contributed by atoms with Gasteiger partial charge in [0.05, 0.1) is 0 Å². The molecule has 0 spiro atoms. The second-order valence-corrected chi connectivity index (χ2v) is 5.75. The molecule has 0 N–H and O–H groups in total. The summed E-state index contributed by atoms with van der Waals surface area (Å²) in [4.78, 5) is 0. The summed E-state index contributed by atoms with van der Waals surface area (Å²) in [5, 5.41) is 0.959. The van der Waals surface area contributed by atoms with Crippen LogP contribution in [0.3, 0.4) is 0 Å². The van der Waals surface area contributed by atoms with Crippen molar-refractivity contribution in [3.8, 4) is 0 Å². The molecule has 0 aliphatic carbocycles. The minimum Gasteiger partial charge on any atom is -0.247 e. The average Bonchev–Trinajstić information content (AvgIpc) is 2.04. The summed E-state index contributed by atoms with van der Waals surface area (Å²) in [5.74, 6) is 1.35. The van der Waals surface area contributed by atoms with Gasteiger partial charge >= 0.3 is 0 Å². The molecule has 0 atom stereocenters. The summed E-state index contributed by atoms with van der Waals surface area (Å²) in [6.45, 7) is 4.85. The highest BCUT2D eigenvalue weighted by Crippen LogP contribution is 2.24. The lowest BCUT2D eigenvalue weighted by atomic mass is 10.2. The number of hydrogen-bond donors (Lipinski definition) is 0. The molecule has 0 saturated carbocycles. The summed E-state index contributed by atoms with van der Waals surface area (Å²) in [6, 6.07) is 0. The fourth-order valence-electron chi connectivity index (χ4n) is 1.28. The first-order valence-corrected chi connectivity index (χ1v) is 6.36. The quantitative estimate of drug-likeness (QED) is 0.579. The Morgan fingerprint density at radius 1 is 1.45 bits per heavy atom. The maximum Gasteiger partial charge on any atom is 0.0201 e. The van der Waals surface area contributed by atoms with Crippen molar-refractivity contribution in [2.45, 2.75) is 31.4 Å². The molecule has 1 aliphatic heterocycles. The summed E-state index contributed by atoms with van der Waals surface area (Å²) < 4.78 is 2.40. The van der Waals surface area contributed by atoms with Crippen LogP contribution in [0.1, 0.15) is 26.2 Å². The Morgan fingerprint density at radius 3 is 2.64 bits per heavy atom. The van der Waals surface area contributed by atoms with Gasteiger partial charge in [-0.05, 0) is 25.0 Å². The first kappa shape index (κ1) is 10.1. The molecule has 0 radical (unpaired) electrons. The number of hydrogen-bond acceptors (Lipinski definition) is 2. The zero-order valence-corrected chi connectivity index (χ0v) is 10.0. The van der Waals surface area contributed by atoms with Crippen LogP contribution in [-0.4, -0.2) is 27.2 Å². The van der Waals surface area contributed by atoms with Gasteiger partial charge in [0.15, 0.2) is 0 Å². The molecule has 0 aromatic heterocycles. The Labute approximate surface area is 87.8 Å². The van der Waals surface area contributed by atoms with Crippen molar-refractivity contribution in [3.63, 3.8) is 0 Å². The Morgan fingerprint density at radius 2 is 2.09 bits per heavy atom. The zero-order chi connectivity index (χ0) is 8.10. The van der Waals surface area contributed by atoms with E-state index >= 15 is 0 Å². The van der Waals surface area contributed by atoms with Gasteiger partial charge in [-0.1, -0.05) is 6.92 Å². The van der Waals surface area contributed by atoms with E-state index in [0.717, 1.165) is 5.25 Å². The first-order chi connectivity index (χ1) is 5.33. The van der Waals surface area contributed by atoms with Crippen LogP contribution in [0.5, 0.6) is 0 Å². The molecule has 66 valence electrons. The fourth-order valence-corrected chi connectivity index (χ4v) is 2.95. The molecule has 1 rings (SSSR count). The Hall–Kier alpha value is 1.04. The zero-order valence-electron chi connectivity index (χ0n) is 7.05. The van der Waals surface area contributed by atoms with E-state index in [2.05, 4.69) is 44.7 Å². The van der Waals surface area contributed by atoms with E-state index in [1.54, 1.807) is 0 Å². The number of piperidine rings is 1. The molecule has 1 nitrogen and oxygen atoms in total. The van der Waals surface area contributed by atoms with Crippen molar-refractivity contribution >= 4 is 34.6 Å². The maximum atomic E-state index is 2.43.